The normalized spacial score (nSPS) is 11.6. The Morgan fingerprint density at radius 1 is 0.679 bits per heavy atom. The van der Waals surface area contributed by atoms with Crippen molar-refractivity contribution in [2.75, 3.05) is 6.61 Å². The van der Waals surface area contributed by atoms with E-state index in [1.54, 1.807) is 6.92 Å². The third-order valence-corrected chi connectivity index (χ3v) is 5.13. The van der Waals surface area contributed by atoms with E-state index in [9.17, 15) is 9.59 Å². The van der Waals surface area contributed by atoms with Crippen molar-refractivity contribution in [3.05, 3.63) is 11.6 Å². The molecule has 0 bridgehead atoms. The van der Waals surface area contributed by atoms with Crippen LogP contribution in [-0.4, -0.2) is 23.7 Å². The lowest BCUT2D eigenvalue weighted by Gasteiger charge is -2.06. The van der Waals surface area contributed by atoms with E-state index in [0.29, 0.717) is 6.42 Å². The summed E-state index contributed by atoms with van der Waals surface area (Å²) in [6, 6.07) is 0. The van der Waals surface area contributed by atoms with Crippen molar-refractivity contribution < 1.29 is 19.4 Å². The molecule has 0 heterocycles. The number of carbonyl (C=O) groups excluding carboxylic acids is 1. The number of unbranched alkanes of at least 4 members (excludes halogenated alkanes) is 15. The SMILES string of the molecule is CCCCCCCCCCCCCCCCCCC(=CC(=O)O)C(=O)OCC. The van der Waals surface area contributed by atoms with Gasteiger partial charge in [-0.05, 0) is 19.8 Å². The summed E-state index contributed by atoms with van der Waals surface area (Å²) in [7, 11) is 0. The Morgan fingerprint density at radius 2 is 1.07 bits per heavy atom. The van der Waals surface area contributed by atoms with Gasteiger partial charge in [0.1, 0.15) is 0 Å². The molecular weight excluding hydrogens is 352 g/mol. The predicted octanol–water partition coefficient (Wildman–Crippen LogP) is 7.21. The molecule has 0 aliphatic heterocycles. The van der Waals surface area contributed by atoms with Crippen LogP contribution in [0.1, 0.15) is 123 Å². The number of aliphatic carboxylic acids is 1. The van der Waals surface area contributed by atoms with E-state index in [2.05, 4.69) is 6.92 Å². The minimum Gasteiger partial charge on any atom is -0.478 e. The average Bonchev–Trinajstić information content (AvgIpc) is 2.66. The smallest absolute Gasteiger partial charge is 0.334 e. The Balaban J connectivity index is 3.47. The molecule has 0 aromatic rings. The molecule has 0 aromatic carbocycles. The number of esters is 1. The van der Waals surface area contributed by atoms with E-state index < -0.39 is 11.9 Å². The molecule has 0 unspecified atom stereocenters. The number of hydrogen-bond acceptors (Lipinski definition) is 3. The zero-order valence-electron chi connectivity index (χ0n) is 18.5. The number of carbonyl (C=O) groups is 2. The average molecular weight is 397 g/mol. The summed E-state index contributed by atoms with van der Waals surface area (Å²) in [5.74, 6) is -1.58. The quantitative estimate of drug-likeness (QED) is 0.134. The monoisotopic (exact) mass is 396 g/mol. The molecule has 4 nitrogen and oxygen atoms in total. The highest BCUT2D eigenvalue weighted by Gasteiger charge is 2.11. The van der Waals surface area contributed by atoms with Crippen molar-refractivity contribution in [2.24, 2.45) is 0 Å². The molecule has 0 saturated heterocycles. The summed E-state index contributed by atoms with van der Waals surface area (Å²) in [6.45, 7) is 4.27. The fraction of sp³-hybridized carbons (Fsp3) is 0.833. The van der Waals surface area contributed by atoms with Crippen molar-refractivity contribution in [2.45, 2.75) is 123 Å². The highest BCUT2D eigenvalue weighted by atomic mass is 16.5. The van der Waals surface area contributed by atoms with Gasteiger partial charge in [-0.1, -0.05) is 103 Å². The standard InChI is InChI=1S/C24H44O4/c1-3-5-6-7-8-9-10-11-12-13-14-15-16-17-18-19-20-22(21-23(25)26)24(27)28-4-2/h21H,3-20H2,1-2H3,(H,25,26). The van der Waals surface area contributed by atoms with Crippen LogP contribution in [0, 0.1) is 0 Å². The third kappa shape index (κ3) is 18.1. The molecule has 0 fully saturated rings. The van der Waals surface area contributed by atoms with Crippen LogP contribution in [0.3, 0.4) is 0 Å². The van der Waals surface area contributed by atoms with Gasteiger partial charge in [-0.25, -0.2) is 9.59 Å². The van der Waals surface area contributed by atoms with Gasteiger partial charge in [0.15, 0.2) is 0 Å². The van der Waals surface area contributed by atoms with Crippen molar-refractivity contribution in [1.29, 1.82) is 0 Å². The number of carboxylic acid groups (broad SMARTS) is 1. The van der Waals surface area contributed by atoms with Crippen LogP contribution in [0.2, 0.25) is 0 Å². The summed E-state index contributed by atoms with van der Waals surface area (Å²) in [6.07, 6.45) is 22.2. The Kier molecular flexibility index (Phi) is 19.5. The summed E-state index contributed by atoms with van der Waals surface area (Å²) in [5, 5.41) is 8.85. The lowest BCUT2D eigenvalue weighted by atomic mass is 10.0. The van der Waals surface area contributed by atoms with Gasteiger partial charge >= 0.3 is 11.9 Å². The highest BCUT2D eigenvalue weighted by molar-refractivity contribution is 5.95. The molecule has 0 spiro atoms. The van der Waals surface area contributed by atoms with E-state index in [4.69, 9.17) is 9.84 Å². The van der Waals surface area contributed by atoms with Crippen LogP contribution in [-0.2, 0) is 14.3 Å². The molecule has 28 heavy (non-hydrogen) atoms. The molecule has 0 saturated carbocycles. The van der Waals surface area contributed by atoms with Crippen LogP contribution in [0.25, 0.3) is 0 Å². The maximum atomic E-state index is 11.7. The lowest BCUT2D eigenvalue weighted by Crippen LogP contribution is -2.09. The number of rotatable bonds is 20. The fourth-order valence-corrected chi connectivity index (χ4v) is 3.47. The Bertz CT molecular complexity index is 415. The Morgan fingerprint density at radius 3 is 1.43 bits per heavy atom. The van der Waals surface area contributed by atoms with Crippen LogP contribution < -0.4 is 0 Å². The molecule has 0 rings (SSSR count). The number of carboxylic acids is 1. The maximum Gasteiger partial charge on any atom is 0.334 e. The van der Waals surface area contributed by atoms with Gasteiger partial charge in [0.2, 0.25) is 0 Å². The molecule has 0 aliphatic carbocycles. The van der Waals surface area contributed by atoms with Crippen molar-refractivity contribution >= 4 is 11.9 Å². The molecule has 0 amide bonds. The van der Waals surface area contributed by atoms with Gasteiger partial charge in [0, 0.05) is 11.6 Å². The zero-order chi connectivity index (χ0) is 20.9. The molecule has 0 aliphatic rings. The van der Waals surface area contributed by atoms with Crippen molar-refractivity contribution in [3.8, 4) is 0 Å². The molecule has 0 radical (unpaired) electrons. The predicted molar refractivity (Wildman–Crippen MR) is 117 cm³/mol. The molecule has 0 atom stereocenters. The second kappa shape index (κ2) is 20.4. The molecule has 0 aromatic heterocycles. The summed E-state index contributed by atoms with van der Waals surface area (Å²) in [4.78, 5) is 22.5. The topological polar surface area (TPSA) is 63.6 Å². The Labute approximate surface area is 173 Å². The third-order valence-electron chi connectivity index (χ3n) is 5.13. The van der Waals surface area contributed by atoms with Crippen LogP contribution in [0.4, 0.5) is 0 Å². The lowest BCUT2D eigenvalue weighted by molar-refractivity contribution is -0.139. The second-order valence-electron chi connectivity index (χ2n) is 7.78. The molecule has 4 heteroatoms. The van der Waals surface area contributed by atoms with Gasteiger partial charge in [-0.2, -0.15) is 0 Å². The van der Waals surface area contributed by atoms with Gasteiger partial charge in [-0.15, -0.1) is 0 Å². The van der Waals surface area contributed by atoms with Gasteiger partial charge in [0.05, 0.1) is 6.61 Å². The van der Waals surface area contributed by atoms with E-state index in [1.807, 2.05) is 0 Å². The second-order valence-corrected chi connectivity index (χ2v) is 7.78. The van der Waals surface area contributed by atoms with E-state index in [-0.39, 0.29) is 12.2 Å². The van der Waals surface area contributed by atoms with E-state index in [1.165, 1.54) is 83.5 Å². The summed E-state index contributed by atoms with van der Waals surface area (Å²) >= 11 is 0. The zero-order valence-corrected chi connectivity index (χ0v) is 18.5. The van der Waals surface area contributed by atoms with Crippen LogP contribution >= 0.6 is 0 Å². The molecule has 164 valence electrons. The van der Waals surface area contributed by atoms with E-state index >= 15 is 0 Å². The van der Waals surface area contributed by atoms with Gasteiger partial charge < -0.3 is 9.84 Å². The fourth-order valence-electron chi connectivity index (χ4n) is 3.47. The first kappa shape index (κ1) is 26.7. The van der Waals surface area contributed by atoms with Gasteiger partial charge in [0.25, 0.3) is 0 Å². The number of hydrogen-bond donors (Lipinski definition) is 1. The maximum absolute atomic E-state index is 11.7. The van der Waals surface area contributed by atoms with Crippen LogP contribution in [0.15, 0.2) is 11.6 Å². The number of ether oxygens (including phenoxy) is 1. The van der Waals surface area contributed by atoms with Crippen molar-refractivity contribution in [1.82, 2.24) is 0 Å². The molecule has 1 N–H and O–H groups in total. The largest absolute Gasteiger partial charge is 0.478 e. The first-order valence-corrected chi connectivity index (χ1v) is 11.7. The van der Waals surface area contributed by atoms with Crippen LogP contribution in [0.5, 0.6) is 0 Å². The molecular formula is C24H44O4. The minimum absolute atomic E-state index is 0.273. The van der Waals surface area contributed by atoms with E-state index in [0.717, 1.165) is 25.3 Å². The minimum atomic E-state index is -1.08. The van der Waals surface area contributed by atoms with Gasteiger partial charge in [-0.3, -0.25) is 0 Å². The summed E-state index contributed by atoms with van der Waals surface area (Å²) in [5.41, 5.74) is 0.278. The van der Waals surface area contributed by atoms with Crippen molar-refractivity contribution in [3.63, 3.8) is 0 Å². The first-order chi connectivity index (χ1) is 13.6. The first-order valence-electron chi connectivity index (χ1n) is 11.7. The highest BCUT2D eigenvalue weighted by Crippen LogP contribution is 2.15. The summed E-state index contributed by atoms with van der Waals surface area (Å²) < 4.78 is 4.91. The Hall–Kier alpha value is -1.32.